The summed E-state index contributed by atoms with van der Waals surface area (Å²) < 4.78 is 10.6. The van der Waals surface area contributed by atoms with Crippen LogP contribution in [0.25, 0.3) is 16.3 Å². The molecular weight excluding hydrogens is 354 g/mol. The number of nitrogens with two attached hydrogens (primary N) is 1. The third-order valence-corrected chi connectivity index (χ3v) is 4.87. The zero-order valence-electron chi connectivity index (χ0n) is 15.6. The monoisotopic (exact) mass is 373 g/mol. The minimum absolute atomic E-state index is 0.0580. The highest BCUT2D eigenvalue weighted by molar-refractivity contribution is 6.25. The van der Waals surface area contributed by atoms with E-state index in [0.717, 1.165) is 21.9 Å². The van der Waals surface area contributed by atoms with Crippen LogP contribution in [0.2, 0.25) is 0 Å². The van der Waals surface area contributed by atoms with Crippen LogP contribution in [0.4, 0.5) is 0 Å². The third-order valence-electron chi connectivity index (χ3n) is 4.87. The van der Waals surface area contributed by atoms with Crippen LogP contribution in [0, 0.1) is 6.92 Å². The summed E-state index contributed by atoms with van der Waals surface area (Å²) in [5, 5.41) is 1.98. The van der Waals surface area contributed by atoms with E-state index in [2.05, 4.69) is 6.07 Å². The Kier molecular flexibility index (Phi) is 4.35. The second kappa shape index (κ2) is 6.85. The van der Waals surface area contributed by atoms with E-state index in [4.69, 9.17) is 15.2 Å². The Labute approximate surface area is 162 Å². The fourth-order valence-electron chi connectivity index (χ4n) is 3.61. The number of Topliss-reactive ketones (excluding diaryl/α,β-unsaturated/α-hetero) is 1. The van der Waals surface area contributed by atoms with E-state index < -0.39 is 12.1 Å². The minimum atomic E-state index is -0.818. The number of ether oxygens (including phenoxy) is 2. The number of carbonyl (C=O) groups is 2. The van der Waals surface area contributed by atoms with E-state index in [1.54, 1.807) is 24.3 Å². The molecule has 0 radical (unpaired) electrons. The topological polar surface area (TPSA) is 78.6 Å². The first-order valence-electron chi connectivity index (χ1n) is 8.88. The number of benzene rings is 3. The van der Waals surface area contributed by atoms with Gasteiger partial charge in [-0.3, -0.25) is 4.79 Å². The molecule has 0 amide bonds. The largest absolute Gasteiger partial charge is 0.465 e. The predicted molar refractivity (Wildman–Crippen MR) is 106 cm³/mol. The highest BCUT2D eigenvalue weighted by atomic mass is 16.5. The Morgan fingerprint density at radius 3 is 2.64 bits per heavy atom. The summed E-state index contributed by atoms with van der Waals surface area (Å²) in [5.41, 5.74) is 9.06. The number of carbonyl (C=O) groups excluding carboxylic acids is 2. The van der Waals surface area contributed by atoms with Crippen molar-refractivity contribution in [2.75, 3.05) is 7.11 Å². The molecule has 0 bridgehead atoms. The lowest BCUT2D eigenvalue weighted by Gasteiger charge is -2.14. The van der Waals surface area contributed by atoms with Gasteiger partial charge in [-0.2, -0.15) is 0 Å². The Morgan fingerprint density at radius 2 is 1.86 bits per heavy atom. The van der Waals surface area contributed by atoms with Gasteiger partial charge in [0.2, 0.25) is 5.78 Å². The average molecular weight is 373 g/mol. The van der Waals surface area contributed by atoms with Crippen molar-refractivity contribution in [3.8, 4) is 0 Å². The van der Waals surface area contributed by atoms with Crippen LogP contribution in [0.5, 0.6) is 0 Å². The highest BCUT2D eigenvalue weighted by Crippen LogP contribution is 2.39. The van der Waals surface area contributed by atoms with Crippen molar-refractivity contribution in [1.82, 2.24) is 0 Å². The molecule has 0 fully saturated rings. The maximum absolute atomic E-state index is 13.2. The van der Waals surface area contributed by atoms with Crippen molar-refractivity contribution in [3.63, 3.8) is 0 Å². The molecule has 1 aliphatic heterocycles. The molecule has 0 aliphatic carbocycles. The molecule has 0 spiro atoms. The van der Waals surface area contributed by atoms with Crippen molar-refractivity contribution in [3.05, 3.63) is 88.8 Å². The van der Waals surface area contributed by atoms with Gasteiger partial charge in [0.15, 0.2) is 12.0 Å². The molecular formula is C23H19NO4. The lowest BCUT2D eigenvalue weighted by atomic mass is 9.92. The van der Waals surface area contributed by atoms with Crippen molar-refractivity contribution in [1.29, 1.82) is 0 Å². The molecule has 3 aromatic carbocycles. The fourth-order valence-corrected chi connectivity index (χ4v) is 3.61. The van der Waals surface area contributed by atoms with Gasteiger partial charge in [0, 0.05) is 5.56 Å². The Hall–Kier alpha value is -3.60. The van der Waals surface area contributed by atoms with Gasteiger partial charge in [0.25, 0.3) is 0 Å². The number of esters is 1. The van der Waals surface area contributed by atoms with E-state index >= 15 is 0 Å². The molecule has 1 heterocycles. The van der Waals surface area contributed by atoms with Crippen molar-refractivity contribution < 1.29 is 19.1 Å². The number of methoxy groups -OCH3 is 1. The molecule has 0 aromatic heterocycles. The standard InChI is InChI=1S/C23H19NO4/c1-13-10-14-6-3-4-9-17(14)18(11-13)21-20(25)19(22(24)28-21)15-7-5-8-16(12-15)23(26)27-2/h3-12,21H,24H2,1-2H3. The van der Waals surface area contributed by atoms with E-state index in [1.165, 1.54) is 7.11 Å². The Bertz CT molecular complexity index is 1150. The van der Waals surface area contributed by atoms with Gasteiger partial charge >= 0.3 is 5.97 Å². The number of aryl methyl sites for hydroxylation is 1. The molecule has 3 aromatic rings. The lowest BCUT2D eigenvalue weighted by molar-refractivity contribution is -0.120. The Morgan fingerprint density at radius 1 is 1.07 bits per heavy atom. The molecule has 1 unspecified atom stereocenters. The third kappa shape index (κ3) is 2.91. The number of hydrogen-bond acceptors (Lipinski definition) is 5. The van der Waals surface area contributed by atoms with Crippen LogP contribution >= 0.6 is 0 Å². The van der Waals surface area contributed by atoms with Crippen LogP contribution in [-0.2, 0) is 14.3 Å². The summed E-state index contributed by atoms with van der Waals surface area (Å²) in [7, 11) is 1.31. The zero-order chi connectivity index (χ0) is 19.8. The normalized spacial score (nSPS) is 16.4. The van der Waals surface area contributed by atoms with E-state index in [9.17, 15) is 9.59 Å². The molecule has 0 saturated heterocycles. The van der Waals surface area contributed by atoms with E-state index in [1.807, 2.05) is 37.3 Å². The van der Waals surface area contributed by atoms with Gasteiger partial charge in [0.1, 0.15) is 0 Å². The maximum Gasteiger partial charge on any atom is 0.337 e. The van der Waals surface area contributed by atoms with Crippen molar-refractivity contribution in [2.24, 2.45) is 5.73 Å². The molecule has 0 saturated carbocycles. The Balaban J connectivity index is 1.77. The van der Waals surface area contributed by atoms with Crippen molar-refractivity contribution >= 4 is 28.1 Å². The number of hydrogen-bond donors (Lipinski definition) is 1. The van der Waals surface area contributed by atoms with Crippen LogP contribution < -0.4 is 5.73 Å². The first-order chi connectivity index (χ1) is 13.5. The second-order valence-corrected chi connectivity index (χ2v) is 6.75. The summed E-state index contributed by atoms with van der Waals surface area (Å²) in [5.74, 6) is -0.647. The second-order valence-electron chi connectivity index (χ2n) is 6.75. The summed E-state index contributed by atoms with van der Waals surface area (Å²) in [6, 6.07) is 18.5. The smallest absolute Gasteiger partial charge is 0.337 e. The zero-order valence-corrected chi connectivity index (χ0v) is 15.6. The average Bonchev–Trinajstić information content (AvgIpc) is 3.00. The number of rotatable bonds is 3. The molecule has 2 N–H and O–H groups in total. The highest BCUT2D eigenvalue weighted by Gasteiger charge is 2.37. The quantitative estimate of drug-likeness (QED) is 0.705. The van der Waals surface area contributed by atoms with Crippen molar-refractivity contribution in [2.45, 2.75) is 13.0 Å². The number of fused-ring (bicyclic) bond motifs is 1. The molecule has 5 nitrogen and oxygen atoms in total. The van der Waals surface area contributed by atoms with Crippen LogP contribution in [0.3, 0.4) is 0 Å². The van der Waals surface area contributed by atoms with E-state index in [0.29, 0.717) is 11.1 Å². The van der Waals surface area contributed by atoms with Gasteiger partial charge in [-0.25, -0.2) is 4.79 Å². The first kappa shape index (κ1) is 17.8. The SMILES string of the molecule is COC(=O)c1cccc(C2=C(N)OC(c3cc(C)cc4ccccc34)C2=O)c1. The summed E-state index contributed by atoms with van der Waals surface area (Å²) in [4.78, 5) is 25.1. The molecule has 5 heteroatoms. The fraction of sp³-hybridized carbons (Fsp3) is 0.130. The van der Waals surface area contributed by atoms with Gasteiger partial charge in [0.05, 0.1) is 18.2 Å². The molecule has 1 aliphatic rings. The predicted octanol–water partition coefficient (Wildman–Crippen LogP) is 3.90. The summed E-state index contributed by atoms with van der Waals surface area (Å²) in [6.07, 6.45) is -0.818. The van der Waals surface area contributed by atoms with Gasteiger partial charge in [-0.05, 0) is 35.4 Å². The number of ketones is 1. The molecule has 4 rings (SSSR count). The van der Waals surface area contributed by atoms with Crippen LogP contribution in [0.1, 0.15) is 33.2 Å². The van der Waals surface area contributed by atoms with E-state index in [-0.39, 0.29) is 17.2 Å². The molecule has 140 valence electrons. The summed E-state index contributed by atoms with van der Waals surface area (Å²) >= 11 is 0. The van der Waals surface area contributed by atoms with Crippen LogP contribution in [-0.4, -0.2) is 18.9 Å². The van der Waals surface area contributed by atoms with Crippen LogP contribution in [0.15, 0.2) is 66.5 Å². The lowest BCUT2D eigenvalue weighted by Crippen LogP contribution is -2.11. The molecule has 1 atom stereocenters. The molecule has 28 heavy (non-hydrogen) atoms. The maximum atomic E-state index is 13.2. The van der Waals surface area contributed by atoms with Gasteiger partial charge < -0.3 is 15.2 Å². The summed E-state index contributed by atoms with van der Waals surface area (Å²) in [6.45, 7) is 1.98. The van der Waals surface area contributed by atoms with Gasteiger partial charge in [-0.15, -0.1) is 0 Å². The minimum Gasteiger partial charge on any atom is -0.465 e. The first-order valence-corrected chi connectivity index (χ1v) is 8.88. The van der Waals surface area contributed by atoms with Gasteiger partial charge in [-0.1, -0.05) is 54.1 Å².